The maximum absolute atomic E-state index is 12.2. The Kier molecular flexibility index (Phi) is 4.06. The fraction of sp³-hybridized carbons (Fsp3) is 0.833. The number of amides is 2. The molecule has 0 aromatic carbocycles. The van der Waals surface area contributed by atoms with E-state index in [0.29, 0.717) is 25.7 Å². The molecule has 0 aliphatic carbocycles. The number of hydrogen-bond donors (Lipinski definition) is 1. The van der Waals surface area contributed by atoms with Crippen molar-refractivity contribution in [2.45, 2.75) is 32.4 Å². The highest BCUT2D eigenvalue weighted by Gasteiger charge is 2.40. The molecule has 6 heteroatoms. The third-order valence-electron chi connectivity index (χ3n) is 3.46. The molecule has 3 atom stereocenters. The second kappa shape index (κ2) is 5.56. The van der Waals surface area contributed by atoms with Crippen LogP contribution in [0.1, 0.15) is 20.3 Å². The van der Waals surface area contributed by atoms with Crippen LogP contribution in [0.4, 0.5) is 4.79 Å². The third kappa shape index (κ3) is 2.75. The first kappa shape index (κ1) is 13.1. The van der Waals surface area contributed by atoms with E-state index >= 15 is 0 Å². The zero-order valence-corrected chi connectivity index (χ0v) is 10.8. The number of nitrogens with one attached hydrogen (secondary N) is 1. The highest BCUT2D eigenvalue weighted by Crippen LogP contribution is 2.20. The Morgan fingerprint density at radius 2 is 2.39 bits per heavy atom. The largest absolute Gasteiger partial charge is 0.444 e. The molecule has 0 bridgehead atoms. The Labute approximate surface area is 107 Å². The van der Waals surface area contributed by atoms with Gasteiger partial charge in [-0.05, 0) is 20.3 Å². The average molecular weight is 256 g/mol. The number of carbonyl (C=O) groups is 2. The Morgan fingerprint density at radius 3 is 3.00 bits per heavy atom. The van der Waals surface area contributed by atoms with E-state index in [2.05, 4.69) is 5.32 Å². The van der Waals surface area contributed by atoms with Crippen LogP contribution in [0.2, 0.25) is 0 Å². The molecule has 2 fully saturated rings. The summed E-state index contributed by atoms with van der Waals surface area (Å²) in [6.45, 7) is 6.53. The van der Waals surface area contributed by atoms with E-state index in [9.17, 15) is 9.59 Å². The summed E-state index contributed by atoms with van der Waals surface area (Å²) in [6.07, 6.45) is 0.0589. The van der Waals surface area contributed by atoms with E-state index in [0.717, 1.165) is 13.0 Å². The molecule has 102 valence electrons. The molecule has 2 amide bonds. The third-order valence-corrected chi connectivity index (χ3v) is 3.46. The summed E-state index contributed by atoms with van der Waals surface area (Å²) in [6, 6.07) is -0.539. The van der Waals surface area contributed by atoms with Crippen molar-refractivity contribution in [2.75, 3.05) is 26.3 Å². The number of hydrogen-bond acceptors (Lipinski definition) is 4. The predicted molar refractivity (Wildman–Crippen MR) is 64.0 cm³/mol. The van der Waals surface area contributed by atoms with Crippen LogP contribution in [-0.4, -0.2) is 55.3 Å². The quantitative estimate of drug-likeness (QED) is 0.789. The molecule has 0 spiro atoms. The van der Waals surface area contributed by atoms with Gasteiger partial charge in [0.05, 0.1) is 6.61 Å². The minimum absolute atomic E-state index is 0.0488. The fourth-order valence-corrected chi connectivity index (χ4v) is 2.43. The maximum atomic E-state index is 12.2. The van der Waals surface area contributed by atoms with Gasteiger partial charge in [0.2, 0.25) is 5.91 Å². The highest BCUT2D eigenvalue weighted by atomic mass is 16.6. The van der Waals surface area contributed by atoms with Gasteiger partial charge in [-0.15, -0.1) is 0 Å². The summed E-state index contributed by atoms with van der Waals surface area (Å²) >= 11 is 0. The Morgan fingerprint density at radius 1 is 1.61 bits per heavy atom. The Bertz CT molecular complexity index is 334. The summed E-state index contributed by atoms with van der Waals surface area (Å²) in [5.41, 5.74) is 0. The molecule has 6 nitrogen and oxygen atoms in total. The van der Waals surface area contributed by atoms with Crippen molar-refractivity contribution in [3.63, 3.8) is 0 Å². The predicted octanol–water partition coefficient (Wildman–Crippen LogP) is 0.368. The van der Waals surface area contributed by atoms with Crippen molar-refractivity contribution in [3.05, 3.63) is 0 Å². The van der Waals surface area contributed by atoms with Crippen molar-refractivity contribution in [1.29, 1.82) is 0 Å². The molecule has 2 saturated heterocycles. The molecule has 0 radical (unpaired) electrons. The van der Waals surface area contributed by atoms with Crippen LogP contribution in [0.15, 0.2) is 0 Å². The molecule has 0 aromatic rings. The minimum atomic E-state index is -0.539. The lowest BCUT2D eigenvalue weighted by atomic mass is 10.1. The van der Waals surface area contributed by atoms with Gasteiger partial charge in [0.1, 0.15) is 12.1 Å². The molecule has 2 aliphatic rings. The molecule has 2 rings (SSSR count). The number of alkyl carbamates (subject to hydrolysis) is 1. The monoisotopic (exact) mass is 256 g/mol. The SMILES string of the molecule is CCOCC1CCN(C(=O)C2NC(=O)OC2C)C1. The van der Waals surface area contributed by atoms with Gasteiger partial charge in [-0.2, -0.15) is 0 Å². The first-order chi connectivity index (χ1) is 8.61. The lowest BCUT2D eigenvalue weighted by Crippen LogP contribution is -2.47. The van der Waals surface area contributed by atoms with Crippen molar-refractivity contribution in [1.82, 2.24) is 10.2 Å². The van der Waals surface area contributed by atoms with Gasteiger partial charge in [-0.3, -0.25) is 4.79 Å². The number of nitrogens with zero attached hydrogens (tertiary/aromatic N) is 1. The maximum Gasteiger partial charge on any atom is 0.408 e. The van der Waals surface area contributed by atoms with E-state index < -0.39 is 18.2 Å². The summed E-state index contributed by atoms with van der Waals surface area (Å²) in [5.74, 6) is 0.356. The van der Waals surface area contributed by atoms with Crippen molar-refractivity contribution >= 4 is 12.0 Å². The van der Waals surface area contributed by atoms with Gasteiger partial charge in [0.15, 0.2) is 0 Å². The Hall–Kier alpha value is -1.30. The Balaban J connectivity index is 1.85. The fourth-order valence-electron chi connectivity index (χ4n) is 2.43. The second-order valence-electron chi connectivity index (χ2n) is 4.83. The van der Waals surface area contributed by atoms with Gasteiger partial charge in [-0.1, -0.05) is 0 Å². The summed E-state index contributed by atoms with van der Waals surface area (Å²) in [7, 11) is 0. The standard InChI is InChI=1S/C12H20N2O4/c1-3-17-7-9-4-5-14(6-9)11(15)10-8(2)18-12(16)13-10/h8-10H,3-7H2,1-2H3,(H,13,16). The second-order valence-corrected chi connectivity index (χ2v) is 4.83. The molecular weight excluding hydrogens is 236 g/mol. The zero-order chi connectivity index (χ0) is 13.1. The molecule has 2 heterocycles. The number of rotatable bonds is 4. The normalized spacial score (nSPS) is 31.3. The van der Waals surface area contributed by atoms with Crippen molar-refractivity contribution in [3.8, 4) is 0 Å². The average Bonchev–Trinajstić information content (AvgIpc) is 2.92. The minimum Gasteiger partial charge on any atom is -0.444 e. The highest BCUT2D eigenvalue weighted by molar-refractivity contribution is 5.88. The van der Waals surface area contributed by atoms with E-state index in [4.69, 9.17) is 9.47 Å². The number of ether oxygens (including phenoxy) is 2. The molecule has 0 saturated carbocycles. The smallest absolute Gasteiger partial charge is 0.408 e. The van der Waals surface area contributed by atoms with E-state index in [-0.39, 0.29) is 5.91 Å². The first-order valence-electron chi connectivity index (χ1n) is 6.45. The van der Waals surface area contributed by atoms with Gasteiger partial charge >= 0.3 is 6.09 Å². The first-order valence-corrected chi connectivity index (χ1v) is 6.45. The van der Waals surface area contributed by atoms with Gasteiger partial charge in [-0.25, -0.2) is 4.79 Å². The molecular formula is C12H20N2O4. The van der Waals surface area contributed by atoms with Crippen LogP contribution < -0.4 is 5.32 Å². The van der Waals surface area contributed by atoms with Crippen LogP contribution in [0.3, 0.4) is 0 Å². The molecule has 18 heavy (non-hydrogen) atoms. The van der Waals surface area contributed by atoms with Crippen LogP contribution >= 0.6 is 0 Å². The van der Waals surface area contributed by atoms with E-state index in [1.54, 1.807) is 11.8 Å². The molecule has 1 N–H and O–H groups in total. The van der Waals surface area contributed by atoms with Crippen molar-refractivity contribution < 1.29 is 19.1 Å². The topological polar surface area (TPSA) is 67.9 Å². The van der Waals surface area contributed by atoms with Gasteiger partial charge in [0, 0.05) is 25.6 Å². The molecule has 3 unspecified atom stereocenters. The molecule has 2 aliphatic heterocycles. The molecule has 0 aromatic heterocycles. The lowest BCUT2D eigenvalue weighted by Gasteiger charge is -2.21. The van der Waals surface area contributed by atoms with Crippen molar-refractivity contribution in [2.24, 2.45) is 5.92 Å². The zero-order valence-electron chi connectivity index (χ0n) is 10.8. The summed E-state index contributed by atoms with van der Waals surface area (Å²) in [5, 5.41) is 2.55. The number of carbonyl (C=O) groups excluding carboxylic acids is 2. The van der Waals surface area contributed by atoms with Crippen LogP contribution in [0, 0.1) is 5.92 Å². The van der Waals surface area contributed by atoms with Crippen LogP contribution in [-0.2, 0) is 14.3 Å². The van der Waals surface area contributed by atoms with Gasteiger partial charge in [0.25, 0.3) is 0 Å². The number of cyclic esters (lactones) is 1. The van der Waals surface area contributed by atoms with E-state index in [1.807, 2.05) is 6.92 Å². The van der Waals surface area contributed by atoms with E-state index in [1.165, 1.54) is 0 Å². The number of likely N-dealkylation sites (tertiary alicyclic amines) is 1. The summed E-state index contributed by atoms with van der Waals surface area (Å²) < 4.78 is 10.3. The van der Waals surface area contributed by atoms with Crippen LogP contribution in [0.5, 0.6) is 0 Å². The summed E-state index contributed by atoms with van der Waals surface area (Å²) in [4.78, 5) is 25.1. The lowest BCUT2D eigenvalue weighted by molar-refractivity contribution is -0.133. The van der Waals surface area contributed by atoms with Crippen LogP contribution in [0.25, 0.3) is 0 Å². The van der Waals surface area contributed by atoms with Gasteiger partial charge < -0.3 is 19.7 Å².